The van der Waals surface area contributed by atoms with E-state index in [2.05, 4.69) is 41.2 Å². The molecule has 1 spiro atoms. The second-order valence-electron chi connectivity index (χ2n) is 21.9. The topological polar surface area (TPSA) is 239 Å². The summed E-state index contributed by atoms with van der Waals surface area (Å²) in [5, 5.41) is 58.7. The molecule has 78 heavy (non-hydrogen) atoms. The summed E-state index contributed by atoms with van der Waals surface area (Å²) in [5.41, 5.74) is -0.212. The van der Waals surface area contributed by atoms with Crippen molar-refractivity contribution in [3.8, 4) is 17.2 Å². The van der Waals surface area contributed by atoms with Crippen molar-refractivity contribution in [2.24, 2.45) is 33.7 Å². The average molecular weight is 1090 g/mol. The van der Waals surface area contributed by atoms with Crippen LogP contribution in [0.1, 0.15) is 144 Å². The van der Waals surface area contributed by atoms with Crippen LogP contribution in [0.25, 0.3) is 10.8 Å². The Morgan fingerprint density at radius 3 is 2.03 bits per heavy atom. The third kappa shape index (κ3) is 15.1. The van der Waals surface area contributed by atoms with E-state index in [1.54, 1.807) is 38.7 Å². The minimum Gasteiger partial charge on any atom is -0.507 e. The van der Waals surface area contributed by atoms with Crippen LogP contribution >= 0.6 is 0 Å². The van der Waals surface area contributed by atoms with Crippen LogP contribution in [0.2, 0.25) is 0 Å². The van der Waals surface area contributed by atoms with Gasteiger partial charge in [-0.2, -0.15) is 0 Å². The number of nitrogens with one attached hydrogen (secondary N) is 2. The number of benzene rings is 2. The fourth-order valence-electron chi connectivity index (χ4n) is 11.1. The molecule has 6 heterocycles. The number of likely N-dealkylation sites (tertiary alicyclic amines) is 1. The van der Waals surface area contributed by atoms with Crippen molar-refractivity contribution < 1.29 is 54.1 Å². The van der Waals surface area contributed by atoms with Crippen LogP contribution < -0.4 is 26.1 Å². The summed E-state index contributed by atoms with van der Waals surface area (Å²) >= 11 is 0. The molecule has 0 aromatic heterocycles. The molecule has 2 unspecified atom stereocenters. The Hall–Kier alpha value is -4.95. The van der Waals surface area contributed by atoms with E-state index in [1.165, 1.54) is 0 Å². The quantitative estimate of drug-likeness (QED) is 0.0841. The van der Waals surface area contributed by atoms with E-state index < -0.39 is 47.5 Å². The highest BCUT2D eigenvalue weighted by Gasteiger charge is 2.49. The number of phenols is 2. The number of anilines is 1. The highest BCUT2D eigenvalue weighted by atomic mass is 16.6. The molecule has 7 aliphatic rings. The summed E-state index contributed by atoms with van der Waals surface area (Å²) in [5.74, 6) is -3.50. The van der Waals surface area contributed by atoms with Crippen LogP contribution in [-0.2, 0) is 14.3 Å². The first-order valence-corrected chi connectivity index (χ1v) is 28.6. The van der Waals surface area contributed by atoms with Gasteiger partial charge in [-0.15, -0.1) is 0 Å². The number of Topliss-reactive ketones (excluding diaryl/α,β-unsaturated/α-hetero) is 1. The lowest BCUT2D eigenvalue weighted by Gasteiger charge is -2.42. The maximum absolute atomic E-state index is 14.6. The number of amides is 2. The van der Waals surface area contributed by atoms with Gasteiger partial charge in [0.1, 0.15) is 28.6 Å². The van der Waals surface area contributed by atoms with Crippen molar-refractivity contribution in [1.82, 2.24) is 20.0 Å². The Morgan fingerprint density at radius 2 is 1.46 bits per heavy atom. The molecule has 9 rings (SSSR count). The van der Waals surface area contributed by atoms with Gasteiger partial charge < -0.3 is 60.2 Å². The SMILES string of the molecule is C/C1=C/C=C/[C@H](C)C[C@@H](C)C(OC(C)(C)O)[C@@H](C)C(OC(=O)N2CCN(C3(CO)CC3)CC2)[C@H](C)C/C=C/C[C@H]2Oc3c(C)c(O)c4c(O)c(c5c(c4c3C2=O)=NC2(CCN(C)CC2)N=5)NC1=O.CC.CC.CCNC.CO. The number of carbonyl (C=O) groups excluding carboxylic acids is 3. The first-order chi connectivity index (χ1) is 37.1. The molecule has 18 nitrogen and oxygen atoms in total. The van der Waals surface area contributed by atoms with Gasteiger partial charge in [-0.3, -0.25) is 24.5 Å². The molecule has 2 saturated heterocycles. The third-order valence-electron chi connectivity index (χ3n) is 15.7. The van der Waals surface area contributed by atoms with Crippen molar-refractivity contribution in [3.05, 3.63) is 57.8 Å². The van der Waals surface area contributed by atoms with E-state index in [1.807, 2.05) is 79.9 Å². The molecule has 2 aromatic rings. The second kappa shape index (κ2) is 29.0. The summed E-state index contributed by atoms with van der Waals surface area (Å²) in [6.07, 6.45) is 11.2. The summed E-state index contributed by atoms with van der Waals surface area (Å²) in [6.45, 7) is 29.6. The smallest absolute Gasteiger partial charge is 0.410 e. The standard InChI is InChI=1S/C52H72N6O10.C3H9N.2C2H6.CH4O/c1-29-13-12-15-31(3)48(63)53-41-40-39(54-52(55-40)19-21-56(9)22-20-52)36-37(44(41)62)42(60)33(5)47-38(36)43(61)35(66-47)16-11-10-14-30(2)45(34(6)46(32(4)27-29)68-50(7,8)65)67-49(64)57-23-25-58(26-24-57)51(28-59)17-18-51;1-3-4-2;3*1-2/h10-13,15,29-30,32,34-35,45-46,59-60,62,65H,14,16-28H2,1-9H3,(H,53,63);4H,3H2,1-2H3;2*1-2H3;2H,1H3/b11-10+,13-12+,31-15-;;;;/t29-,30+,32+,34-,35+,45?,46?;;;;/m0..../s1. The number of phenolic OH excluding ortho intramolecular Hbond substituents is 2. The molecular weight excluding hydrogens is 995 g/mol. The Bertz CT molecular complexity index is 2570. The van der Waals surface area contributed by atoms with Crippen molar-refractivity contribution in [1.29, 1.82) is 0 Å². The molecule has 1 saturated carbocycles. The van der Waals surface area contributed by atoms with Gasteiger partial charge in [0.25, 0.3) is 5.91 Å². The molecule has 7 atom stereocenters. The Morgan fingerprint density at radius 1 is 0.872 bits per heavy atom. The lowest BCUT2D eigenvalue weighted by Crippen LogP contribution is -2.55. The number of nitrogens with zero attached hydrogens (tertiary/aromatic N) is 5. The highest BCUT2D eigenvalue weighted by molar-refractivity contribution is 6.18. The largest absolute Gasteiger partial charge is 0.507 e. The monoisotopic (exact) mass is 1090 g/mol. The van der Waals surface area contributed by atoms with Crippen molar-refractivity contribution in [2.75, 3.05) is 78.9 Å². The van der Waals surface area contributed by atoms with Gasteiger partial charge in [-0.05, 0) is 91.8 Å². The molecule has 6 aliphatic heterocycles. The fraction of sp³-hybridized carbons (Fsp3) is 0.683. The molecule has 2 aromatic carbocycles. The van der Waals surface area contributed by atoms with Gasteiger partial charge in [-0.25, -0.2) is 4.79 Å². The lowest BCUT2D eigenvalue weighted by atomic mass is 9.80. The molecule has 5 bridgehead atoms. The number of aromatic hydroxyl groups is 2. The van der Waals surface area contributed by atoms with E-state index in [4.69, 9.17) is 29.3 Å². The van der Waals surface area contributed by atoms with E-state index in [0.717, 1.165) is 26.5 Å². The van der Waals surface area contributed by atoms with E-state index in [9.17, 15) is 34.8 Å². The molecule has 0 radical (unpaired) electrons. The van der Waals surface area contributed by atoms with Crippen LogP contribution in [0.4, 0.5) is 10.5 Å². The maximum atomic E-state index is 14.6. The zero-order valence-electron chi connectivity index (χ0n) is 50.0. The minimum absolute atomic E-state index is 0.000529. The van der Waals surface area contributed by atoms with Gasteiger partial charge in [0.15, 0.2) is 23.3 Å². The number of fused-ring (bicyclic) bond motifs is 13. The number of allylic oxidation sites excluding steroid dienone is 4. The highest BCUT2D eigenvalue weighted by Crippen LogP contribution is 2.48. The summed E-state index contributed by atoms with van der Waals surface area (Å²) < 4.78 is 19.4. The third-order valence-corrected chi connectivity index (χ3v) is 15.7. The van der Waals surface area contributed by atoms with Gasteiger partial charge >= 0.3 is 6.09 Å². The second-order valence-corrected chi connectivity index (χ2v) is 21.9. The lowest BCUT2D eigenvalue weighted by molar-refractivity contribution is -0.235. The summed E-state index contributed by atoms with van der Waals surface area (Å²) in [6, 6.07) is 0. The molecular formula is C60H97N7O11. The maximum Gasteiger partial charge on any atom is 0.410 e. The Kier molecular flexibility index (Phi) is 24.4. The summed E-state index contributed by atoms with van der Waals surface area (Å²) in [7, 11) is 4.96. The van der Waals surface area contributed by atoms with Crippen LogP contribution in [0.3, 0.4) is 0 Å². The average Bonchev–Trinajstić information content (AvgIpc) is 4.09. The Balaban J connectivity index is 0.00000123. The van der Waals surface area contributed by atoms with Crippen LogP contribution in [0, 0.1) is 30.6 Å². The molecule has 7 N–H and O–H groups in total. The number of ketones is 1. The number of ether oxygens (including phenoxy) is 3. The van der Waals surface area contributed by atoms with E-state index in [0.29, 0.717) is 75.9 Å². The minimum atomic E-state index is -1.49. The first-order valence-electron chi connectivity index (χ1n) is 28.6. The number of piperazine rings is 1. The molecule has 2 amide bonds. The number of rotatable bonds is 6. The van der Waals surface area contributed by atoms with E-state index >= 15 is 0 Å². The number of aliphatic hydroxyl groups is 3. The zero-order chi connectivity index (χ0) is 58.4. The fourth-order valence-corrected chi connectivity index (χ4v) is 11.1. The Labute approximate surface area is 464 Å². The molecule has 1 aliphatic carbocycles. The van der Waals surface area contributed by atoms with Crippen LogP contribution in [0.5, 0.6) is 17.2 Å². The normalized spacial score (nSPS) is 27.4. The number of hydrogen-bond acceptors (Lipinski definition) is 16. The number of carbonyl (C=O) groups is 3. The number of aliphatic hydroxyl groups excluding tert-OH is 2. The zero-order valence-corrected chi connectivity index (χ0v) is 50.0. The number of hydrogen-bond donors (Lipinski definition) is 7. The first kappa shape index (κ1) is 65.6. The predicted octanol–water partition coefficient (Wildman–Crippen LogP) is 7.55. The van der Waals surface area contributed by atoms with Crippen molar-refractivity contribution >= 4 is 34.2 Å². The van der Waals surface area contributed by atoms with Gasteiger partial charge in [0.2, 0.25) is 5.78 Å². The predicted molar refractivity (Wildman–Crippen MR) is 308 cm³/mol. The van der Waals surface area contributed by atoms with Crippen molar-refractivity contribution in [3.63, 3.8) is 0 Å². The summed E-state index contributed by atoms with van der Waals surface area (Å²) in [4.78, 5) is 59.2. The molecule has 18 heteroatoms. The molecule has 438 valence electrons. The number of piperidine rings is 1. The van der Waals surface area contributed by atoms with Gasteiger partial charge in [-0.1, -0.05) is 92.7 Å². The van der Waals surface area contributed by atoms with Gasteiger partial charge in [0, 0.05) is 93.6 Å². The van der Waals surface area contributed by atoms with Crippen LogP contribution in [0.15, 0.2) is 45.9 Å². The van der Waals surface area contributed by atoms with Crippen LogP contribution in [-0.4, -0.2) is 167 Å². The van der Waals surface area contributed by atoms with Gasteiger partial charge in [0.05, 0.1) is 29.0 Å². The molecule has 3 fully saturated rings. The van der Waals surface area contributed by atoms with Crippen molar-refractivity contribution in [2.45, 2.75) is 170 Å². The van der Waals surface area contributed by atoms with E-state index in [-0.39, 0.29) is 92.5 Å².